The summed E-state index contributed by atoms with van der Waals surface area (Å²) in [6.07, 6.45) is 2.54. The van der Waals surface area contributed by atoms with Gasteiger partial charge in [-0.25, -0.2) is 4.79 Å². The monoisotopic (exact) mass is 417 g/mol. The summed E-state index contributed by atoms with van der Waals surface area (Å²) in [4.78, 5) is 29.1. The summed E-state index contributed by atoms with van der Waals surface area (Å²) in [6, 6.07) is 7.90. The fourth-order valence-electron chi connectivity index (χ4n) is 3.15. The van der Waals surface area contributed by atoms with E-state index in [-0.39, 0.29) is 17.4 Å². The molecule has 0 radical (unpaired) electrons. The van der Waals surface area contributed by atoms with Gasteiger partial charge in [-0.2, -0.15) is 0 Å². The first kappa shape index (κ1) is 22.7. The summed E-state index contributed by atoms with van der Waals surface area (Å²) >= 11 is 5.67. The normalized spacial score (nSPS) is 10.9. The molecule has 1 aromatic carbocycles. The van der Waals surface area contributed by atoms with Crippen molar-refractivity contribution in [1.29, 1.82) is 0 Å². The standard InChI is InChI=1S/C21H31N5O2S/c1-5-7-12-25-18(22)17(19(27)24-20(25)28)26(13-14(3)4)21(29)23-16-11-9-8-10-15(16)6-2/h8-11,14H,5-7,12-13,22H2,1-4H3,(H,23,29)(H,24,27,28). The SMILES string of the molecule is CCCCn1c(N)c(N(CC(C)C)C(=S)Nc2ccccc2CC)c(=O)[nH]c1=O. The molecule has 0 bridgehead atoms. The number of H-pyrrole nitrogens is 1. The van der Waals surface area contributed by atoms with Crippen molar-refractivity contribution in [2.45, 2.75) is 53.5 Å². The second-order valence-electron chi connectivity index (χ2n) is 7.44. The molecule has 0 saturated carbocycles. The van der Waals surface area contributed by atoms with E-state index in [1.807, 2.05) is 45.0 Å². The van der Waals surface area contributed by atoms with Crippen molar-refractivity contribution >= 4 is 34.5 Å². The molecule has 0 aliphatic rings. The van der Waals surface area contributed by atoms with E-state index in [9.17, 15) is 9.59 Å². The molecule has 29 heavy (non-hydrogen) atoms. The number of hydrogen-bond donors (Lipinski definition) is 3. The maximum absolute atomic E-state index is 12.7. The Bertz CT molecular complexity index is 964. The zero-order valence-electron chi connectivity index (χ0n) is 17.6. The van der Waals surface area contributed by atoms with Crippen molar-refractivity contribution < 1.29 is 0 Å². The van der Waals surface area contributed by atoms with Crippen LogP contribution in [0.15, 0.2) is 33.9 Å². The van der Waals surface area contributed by atoms with Crippen molar-refractivity contribution in [2.24, 2.45) is 5.92 Å². The zero-order valence-corrected chi connectivity index (χ0v) is 18.4. The number of hydrogen-bond acceptors (Lipinski definition) is 4. The van der Waals surface area contributed by atoms with Gasteiger partial charge in [-0.05, 0) is 42.6 Å². The number of thiocarbonyl (C=S) groups is 1. The van der Waals surface area contributed by atoms with Crippen molar-refractivity contribution in [2.75, 3.05) is 22.5 Å². The molecular formula is C21H31N5O2S. The predicted molar refractivity (Wildman–Crippen MR) is 125 cm³/mol. The molecule has 0 atom stereocenters. The third-order valence-corrected chi connectivity index (χ3v) is 4.97. The van der Waals surface area contributed by atoms with Gasteiger partial charge in [0.1, 0.15) is 5.82 Å². The average Bonchev–Trinajstić information content (AvgIpc) is 2.67. The van der Waals surface area contributed by atoms with E-state index in [1.165, 1.54) is 4.57 Å². The number of para-hydroxylation sites is 1. The van der Waals surface area contributed by atoms with E-state index in [0.717, 1.165) is 30.5 Å². The minimum Gasteiger partial charge on any atom is -0.383 e. The van der Waals surface area contributed by atoms with Gasteiger partial charge in [0, 0.05) is 18.8 Å². The molecule has 2 aromatic rings. The van der Waals surface area contributed by atoms with Crippen LogP contribution in [0.1, 0.15) is 46.1 Å². The fourth-order valence-corrected chi connectivity index (χ4v) is 3.43. The van der Waals surface area contributed by atoms with Crippen LogP contribution in [0.5, 0.6) is 0 Å². The summed E-state index contributed by atoms with van der Waals surface area (Å²) < 4.78 is 1.41. The van der Waals surface area contributed by atoms with Crippen LogP contribution in [-0.2, 0) is 13.0 Å². The molecule has 0 amide bonds. The number of benzene rings is 1. The van der Waals surface area contributed by atoms with Gasteiger partial charge in [-0.1, -0.05) is 52.3 Å². The second kappa shape index (κ2) is 10.2. The van der Waals surface area contributed by atoms with Gasteiger partial charge in [0.15, 0.2) is 10.8 Å². The van der Waals surface area contributed by atoms with Crippen LogP contribution >= 0.6 is 12.2 Å². The number of nitrogens with one attached hydrogen (secondary N) is 2. The van der Waals surface area contributed by atoms with E-state index in [2.05, 4.69) is 17.2 Å². The van der Waals surface area contributed by atoms with Crippen LogP contribution in [0.25, 0.3) is 0 Å². The molecule has 7 nitrogen and oxygen atoms in total. The molecule has 0 saturated heterocycles. The molecule has 1 aromatic heterocycles. The second-order valence-corrected chi connectivity index (χ2v) is 7.83. The Balaban J connectivity index is 2.51. The predicted octanol–water partition coefficient (Wildman–Crippen LogP) is 3.34. The zero-order chi connectivity index (χ0) is 21.6. The van der Waals surface area contributed by atoms with Gasteiger partial charge in [-0.3, -0.25) is 14.3 Å². The number of rotatable bonds is 8. The Morgan fingerprint density at radius 1 is 1.28 bits per heavy atom. The largest absolute Gasteiger partial charge is 0.383 e. The molecule has 2 rings (SSSR count). The van der Waals surface area contributed by atoms with Gasteiger partial charge in [0.25, 0.3) is 5.56 Å². The van der Waals surface area contributed by atoms with Gasteiger partial charge in [0.05, 0.1) is 0 Å². The fraction of sp³-hybridized carbons (Fsp3) is 0.476. The molecule has 0 spiro atoms. The van der Waals surface area contributed by atoms with Crippen LogP contribution in [0.2, 0.25) is 0 Å². The van der Waals surface area contributed by atoms with E-state index in [1.54, 1.807) is 4.90 Å². The summed E-state index contributed by atoms with van der Waals surface area (Å²) in [5.41, 5.74) is 7.49. The molecule has 0 fully saturated rings. The number of unbranched alkanes of at least 4 members (excludes halogenated alkanes) is 1. The highest BCUT2D eigenvalue weighted by Crippen LogP contribution is 2.22. The number of nitrogens with two attached hydrogens (primary N) is 1. The number of aromatic nitrogens is 2. The first-order chi connectivity index (χ1) is 13.8. The molecule has 1 heterocycles. The molecule has 8 heteroatoms. The lowest BCUT2D eigenvalue weighted by atomic mass is 10.1. The highest BCUT2D eigenvalue weighted by molar-refractivity contribution is 7.80. The summed E-state index contributed by atoms with van der Waals surface area (Å²) in [5, 5.41) is 3.63. The van der Waals surface area contributed by atoms with Crippen LogP contribution in [0.3, 0.4) is 0 Å². The molecule has 0 aliphatic carbocycles. The molecule has 0 unspecified atom stereocenters. The number of nitrogen functional groups attached to an aromatic ring is 1. The van der Waals surface area contributed by atoms with Crippen molar-refractivity contribution in [3.8, 4) is 0 Å². The van der Waals surface area contributed by atoms with Crippen LogP contribution in [0, 0.1) is 5.92 Å². The number of anilines is 3. The third-order valence-electron chi connectivity index (χ3n) is 4.65. The van der Waals surface area contributed by atoms with E-state index in [4.69, 9.17) is 18.0 Å². The number of nitrogens with zero attached hydrogens (tertiary/aromatic N) is 2. The number of aryl methyl sites for hydroxylation is 1. The van der Waals surface area contributed by atoms with Gasteiger partial charge in [-0.15, -0.1) is 0 Å². The molecule has 158 valence electrons. The summed E-state index contributed by atoms with van der Waals surface area (Å²) in [5.74, 6) is 0.353. The van der Waals surface area contributed by atoms with Gasteiger partial charge < -0.3 is 16.0 Å². The lowest BCUT2D eigenvalue weighted by Crippen LogP contribution is -2.44. The first-order valence-corrected chi connectivity index (χ1v) is 10.5. The van der Waals surface area contributed by atoms with Gasteiger partial charge >= 0.3 is 5.69 Å². The summed E-state index contributed by atoms with van der Waals surface area (Å²) in [6.45, 7) is 9.10. The third kappa shape index (κ3) is 5.47. The first-order valence-electron chi connectivity index (χ1n) is 10.1. The van der Waals surface area contributed by atoms with Crippen molar-refractivity contribution in [3.63, 3.8) is 0 Å². The van der Waals surface area contributed by atoms with E-state index < -0.39 is 11.2 Å². The maximum atomic E-state index is 12.7. The van der Waals surface area contributed by atoms with Crippen LogP contribution in [0.4, 0.5) is 17.2 Å². The highest BCUT2D eigenvalue weighted by atomic mass is 32.1. The number of aromatic amines is 1. The topological polar surface area (TPSA) is 96.2 Å². The molecule has 4 N–H and O–H groups in total. The summed E-state index contributed by atoms with van der Waals surface area (Å²) in [7, 11) is 0. The lowest BCUT2D eigenvalue weighted by molar-refractivity contribution is 0.601. The highest BCUT2D eigenvalue weighted by Gasteiger charge is 2.23. The van der Waals surface area contributed by atoms with Gasteiger partial charge in [0.2, 0.25) is 0 Å². The lowest BCUT2D eigenvalue weighted by Gasteiger charge is -2.29. The Hall–Kier alpha value is -2.61. The van der Waals surface area contributed by atoms with E-state index >= 15 is 0 Å². The van der Waals surface area contributed by atoms with Crippen LogP contribution in [-0.4, -0.2) is 21.2 Å². The smallest absolute Gasteiger partial charge is 0.330 e. The van der Waals surface area contributed by atoms with Crippen molar-refractivity contribution in [1.82, 2.24) is 9.55 Å². The Kier molecular flexibility index (Phi) is 8.01. The minimum atomic E-state index is -0.533. The molecular weight excluding hydrogens is 386 g/mol. The van der Waals surface area contributed by atoms with E-state index in [0.29, 0.717) is 18.2 Å². The Morgan fingerprint density at radius 2 is 1.97 bits per heavy atom. The quantitative estimate of drug-likeness (QED) is 0.570. The minimum absolute atomic E-state index is 0.140. The Morgan fingerprint density at radius 3 is 2.59 bits per heavy atom. The maximum Gasteiger partial charge on any atom is 0.330 e. The van der Waals surface area contributed by atoms with Crippen LogP contribution < -0.4 is 27.2 Å². The average molecular weight is 418 g/mol. The Labute approximate surface area is 176 Å². The van der Waals surface area contributed by atoms with Crippen molar-refractivity contribution in [3.05, 3.63) is 50.7 Å². The molecule has 0 aliphatic heterocycles.